The first-order chi connectivity index (χ1) is 12.5. The van der Waals surface area contributed by atoms with Gasteiger partial charge in [0.15, 0.2) is 5.82 Å². The van der Waals surface area contributed by atoms with Gasteiger partial charge in [-0.25, -0.2) is 0 Å². The van der Waals surface area contributed by atoms with Gasteiger partial charge in [-0.05, 0) is 49.4 Å². The summed E-state index contributed by atoms with van der Waals surface area (Å²) in [6.07, 6.45) is 3.58. The van der Waals surface area contributed by atoms with Crippen molar-refractivity contribution in [1.29, 1.82) is 0 Å². The van der Waals surface area contributed by atoms with E-state index in [0.29, 0.717) is 18.3 Å². The van der Waals surface area contributed by atoms with Gasteiger partial charge in [-0.1, -0.05) is 5.16 Å². The number of nitrogens with zero attached hydrogens (tertiary/aromatic N) is 3. The molecule has 2 aliphatic rings. The van der Waals surface area contributed by atoms with Gasteiger partial charge >= 0.3 is 0 Å². The molecule has 0 radical (unpaired) electrons. The van der Waals surface area contributed by atoms with Gasteiger partial charge in [0.1, 0.15) is 0 Å². The minimum atomic E-state index is -0.453. The lowest BCUT2D eigenvalue weighted by Gasteiger charge is -2.34. The molecule has 1 aromatic carbocycles. The lowest BCUT2D eigenvalue weighted by atomic mass is 9.77. The van der Waals surface area contributed by atoms with Crippen molar-refractivity contribution in [2.75, 3.05) is 18.0 Å². The number of nitrogens with two attached hydrogens (primary N) is 1. The third-order valence-electron chi connectivity index (χ3n) is 5.13. The summed E-state index contributed by atoms with van der Waals surface area (Å²) in [5.41, 5.74) is 8.52. The van der Waals surface area contributed by atoms with Crippen LogP contribution in [0.5, 0.6) is 0 Å². The number of benzene rings is 1. The molecular weight excluding hydrogens is 370 g/mol. The second kappa shape index (κ2) is 7.28. The Morgan fingerprint density at radius 3 is 2.81 bits per heavy atom. The van der Waals surface area contributed by atoms with Crippen molar-refractivity contribution in [2.45, 2.75) is 38.1 Å². The van der Waals surface area contributed by atoms with Gasteiger partial charge in [0.05, 0.1) is 12.1 Å². The highest BCUT2D eigenvalue weighted by Gasteiger charge is 2.39. The molecule has 1 aliphatic carbocycles. The van der Waals surface area contributed by atoms with E-state index in [1.54, 1.807) is 4.90 Å². The van der Waals surface area contributed by atoms with Crippen LogP contribution in [0.4, 0.5) is 5.69 Å². The number of fused-ring (bicyclic) bond motifs is 1. The molecule has 144 valence electrons. The molecule has 8 nitrogen and oxygen atoms in total. The predicted molar refractivity (Wildman–Crippen MR) is 101 cm³/mol. The number of carbonyl (C=O) groups excluding carboxylic acids is 2. The van der Waals surface area contributed by atoms with Gasteiger partial charge in [0.25, 0.3) is 5.89 Å². The molecule has 27 heavy (non-hydrogen) atoms. The Labute approximate surface area is 162 Å². The maximum atomic E-state index is 12.3. The molecule has 0 atom stereocenters. The van der Waals surface area contributed by atoms with E-state index in [0.717, 1.165) is 42.5 Å². The molecule has 0 saturated heterocycles. The van der Waals surface area contributed by atoms with Crippen molar-refractivity contribution in [1.82, 2.24) is 15.5 Å². The number of halogens is 1. The molecule has 0 bridgehead atoms. The number of amides is 2. The molecule has 1 aromatic heterocycles. The van der Waals surface area contributed by atoms with Gasteiger partial charge in [0.2, 0.25) is 11.8 Å². The van der Waals surface area contributed by atoms with E-state index in [2.05, 4.69) is 15.5 Å². The Morgan fingerprint density at radius 2 is 2.15 bits per heavy atom. The summed E-state index contributed by atoms with van der Waals surface area (Å²) in [6, 6.07) is 5.72. The number of anilines is 1. The standard InChI is InChI=1S/C18H21N5O3.ClH/c1-11(24)20-10-15(25)23-8-5-12-9-13(3-4-14(12)23)16-21-17(22-26-16)18(19)6-2-7-18;/h3-4,9H,2,5-8,10,19H2,1H3,(H,20,24);1H. The highest BCUT2D eigenvalue weighted by molar-refractivity contribution is 5.98. The van der Waals surface area contributed by atoms with Gasteiger partial charge in [-0.3, -0.25) is 9.59 Å². The first kappa shape index (κ1) is 19.3. The number of rotatable bonds is 4. The third kappa shape index (κ3) is 3.54. The molecule has 0 unspecified atom stereocenters. The SMILES string of the molecule is CC(=O)NCC(=O)N1CCc2cc(-c3nc(C4(N)CCC4)no3)ccc21.Cl. The lowest BCUT2D eigenvalue weighted by Crippen LogP contribution is -2.44. The van der Waals surface area contributed by atoms with Crippen molar-refractivity contribution < 1.29 is 14.1 Å². The smallest absolute Gasteiger partial charge is 0.258 e. The van der Waals surface area contributed by atoms with Crippen LogP contribution in [0, 0.1) is 0 Å². The van der Waals surface area contributed by atoms with Crippen LogP contribution in [0.3, 0.4) is 0 Å². The summed E-state index contributed by atoms with van der Waals surface area (Å²) in [7, 11) is 0. The Balaban J connectivity index is 0.00000210. The van der Waals surface area contributed by atoms with Crippen molar-refractivity contribution in [3.8, 4) is 11.5 Å². The Hall–Kier alpha value is -2.45. The number of hydrogen-bond donors (Lipinski definition) is 2. The fraction of sp³-hybridized carbons (Fsp3) is 0.444. The average molecular weight is 392 g/mol. The topological polar surface area (TPSA) is 114 Å². The normalized spacial score (nSPS) is 16.9. The van der Waals surface area contributed by atoms with E-state index < -0.39 is 5.54 Å². The Bertz CT molecular complexity index is 878. The van der Waals surface area contributed by atoms with Crippen molar-refractivity contribution >= 4 is 29.9 Å². The van der Waals surface area contributed by atoms with Crippen LogP contribution in [0.2, 0.25) is 0 Å². The van der Waals surface area contributed by atoms with Crippen LogP contribution in [0.1, 0.15) is 37.6 Å². The van der Waals surface area contributed by atoms with Gasteiger partial charge < -0.3 is 20.5 Å². The number of carbonyl (C=O) groups is 2. The fourth-order valence-electron chi connectivity index (χ4n) is 3.41. The molecule has 2 heterocycles. The average Bonchev–Trinajstić information content (AvgIpc) is 3.24. The van der Waals surface area contributed by atoms with E-state index in [1.165, 1.54) is 6.92 Å². The zero-order valence-corrected chi connectivity index (χ0v) is 15.8. The second-order valence-corrected chi connectivity index (χ2v) is 6.98. The fourth-order valence-corrected chi connectivity index (χ4v) is 3.41. The maximum Gasteiger partial charge on any atom is 0.258 e. The van der Waals surface area contributed by atoms with Gasteiger partial charge in [-0.15, -0.1) is 12.4 Å². The van der Waals surface area contributed by atoms with Crippen molar-refractivity contribution in [3.63, 3.8) is 0 Å². The van der Waals surface area contributed by atoms with Crippen molar-refractivity contribution in [2.24, 2.45) is 5.73 Å². The van der Waals surface area contributed by atoms with E-state index in [-0.39, 0.29) is 30.8 Å². The summed E-state index contributed by atoms with van der Waals surface area (Å²) in [6.45, 7) is 1.99. The van der Waals surface area contributed by atoms with Gasteiger partial charge in [-0.2, -0.15) is 4.98 Å². The quantitative estimate of drug-likeness (QED) is 0.816. The second-order valence-electron chi connectivity index (χ2n) is 6.98. The summed E-state index contributed by atoms with van der Waals surface area (Å²) in [5, 5.41) is 6.59. The lowest BCUT2D eigenvalue weighted by molar-refractivity contribution is -0.123. The summed E-state index contributed by atoms with van der Waals surface area (Å²) in [4.78, 5) is 29.4. The van der Waals surface area contributed by atoms with Crippen LogP contribution < -0.4 is 16.0 Å². The van der Waals surface area contributed by atoms with Crippen LogP contribution in [-0.4, -0.2) is 35.0 Å². The molecule has 1 saturated carbocycles. The third-order valence-corrected chi connectivity index (χ3v) is 5.13. The van der Waals surface area contributed by atoms with Crippen LogP contribution in [-0.2, 0) is 21.5 Å². The molecular formula is C18H22ClN5O3. The predicted octanol–water partition coefficient (Wildman–Crippen LogP) is 1.52. The van der Waals surface area contributed by atoms with E-state index in [1.807, 2.05) is 18.2 Å². The molecule has 9 heteroatoms. The van der Waals surface area contributed by atoms with Crippen molar-refractivity contribution in [3.05, 3.63) is 29.6 Å². The van der Waals surface area contributed by atoms with E-state index >= 15 is 0 Å². The van der Waals surface area contributed by atoms with Gasteiger partial charge in [0, 0.05) is 24.7 Å². The highest BCUT2D eigenvalue weighted by Crippen LogP contribution is 2.38. The Kier molecular flexibility index (Phi) is 5.21. The minimum absolute atomic E-state index is 0. The monoisotopic (exact) mass is 391 g/mol. The molecule has 2 aromatic rings. The molecule has 4 rings (SSSR count). The minimum Gasteiger partial charge on any atom is -0.347 e. The molecule has 0 spiro atoms. The van der Waals surface area contributed by atoms with Crippen LogP contribution in [0.15, 0.2) is 22.7 Å². The number of aromatic nitrogens is 2. The van der Waals surface area contributed by atoms with E-state index in [4.69, 9.17) is 10.3 Å². The molecule has 1 fully saturated rings. The summed E-state index contributed by atoms with van der Waals surface area (Å²) >= 11 is 0. The summed E-state index contributed by atoms with van der Waals surface area (Å²) < 4.78 is 5.40. The molecule has 3 N–H and O–H groups in total. The largest absolute Gasteiger partial charge is 0.347 e. The van der Waals surface area contributed by atoms with E-state index in [9.17, 15) is 9.59 Å². The molecule has 2 amide bonds. The zero-order chi connectivity index (χ0) is 18.3. The first-order valence-electron chi connectivity index (χ1n) is 8.77. The summed E-state index contributed by atoms with van der Waals surface area (Å²) in [5.74, 6) is 0.667. The Morgan fingerprint density at radius 1 is 1.37 bits per heavy atom. The first-order valence-corrected chi connectivity index (χ1v) is 8.77. The number of hydrogen-bond acceptors (Lipinski definition) is 6. The highest BCUT2D eigenvalue weighted by atomic mass is 35.5. The van der Waals surface area contributed by atoms with Crippen LogP contribution in [0.25, 0.3) is 11.5 Å². The maximum absolute atomic E-state index is 12.3. The van der Waals surface area contributed by atoms with Crippen LogP contribution >= 0.6 is 12.4 Å². The zero-order valence-electron chi connectivity index (χ0n) is 15.0. The number of nitrogens with one attached hydrogen (secondary N) is 1. The molecule has 1 aliphatic heterocycles.